The number of esters is 1. The molecule has 0 bridgehead atoms. The van der Waals surface area contributed by atoms with Crippen LogP contribution in [0.2, 0.25) is 0 Å². The Morgan fingerprint density at radius 2 is 1.96 bits per heavy atom. The molecular formula is C17H19F2N3O5. The molecule has 1 N–H and O–H groups in total. The predicted octanol–water partition coefficient (Wildman–Crippen LogP) is 1.51. The van der Waals surface area contributed by atoms with Crippen LogP contribution in [-0.4, -0.2) is 59.9 Å². The van der Waals surface area contributed by atoms with Crippen molar-refractivity contribution in [3.8, 4) is 0 Å². The molecule has 0 saturated carbocycles. The van der Waals surface area contributed by atoms with E-state index in [2.05, 4.69) is 5.32 Å². The summed E-state index contributed by atoms with van der Waals surface area (Å²) in [6.07, 6.45) is -1.06. The Hall–Kier alpha value is -3.04. The van der Waals surface area contributed by atoms with E-state index in [1.54, 1.807) is 0 Å². The molecule has 8 nitrogen and oxygen atoms in total. The molecule has 0 radical (unpaired) electrons. The Kier molecular flexibility index (Phi) is 6.43. The van der Waals surface area contributed by atoms with Gasteiger partial charge in [-0.2, -0.15) is 0 Å². The molecule has 1 saturated heterocycles. The number of hydrogen-bond donors (Lipinski definition) is 1. The number of benzene rings is 1. The van der Waals surface area contributed by atoms with Crippen LogP contribution in [0, 0.1) is 11.6 Å². The number of nitrogens with zero attached hydrogens (tertiary/aromatic N) is 2. The zero-order valence-corrected chi connectivity index (χ0v) is 14.8. The molecule has 10 heteroatoms. The molecule has 0 aromatic heterocycles. The first-order chi connectivity index (χ1) is 12.7. The van der Waals surface area contributed by atoms with E-state index in [4.69, 9.17) is 4.74 Å². The molecule has 0 aliphatic carbocycles. The molecule has 1 heterocycles. The number of rotatable bonds is 7. The van der Waals surface area contributed by atoms with E-state index in [9.17, 15) is 28.0 Å². The summed E-state index contributed by atoms with van der Waals surface area (Å²) >= 11 is 0. The van der Waals surface area contributed by atoms with Gasteiger partial charge in [-0.3, -0.25) is 19.3 Å². The number of nitrogens with one attached hydrogen (secondary N) is 1. The van der Waals surface area contributed by atoms with Crippen LogP contribution < -0.4 is 5.32 Å². The van der Waals surface area contributed by atoms with Gasteiger partial charge in [0, 0.05) is 31.8 Å². The van der Waals surface area contributed by atoms with Gasteiger partial charge >= 0.3 is 12.0 Å². The average Bonchev–Trinajstić information content (AvgIpc) is 2.84. The second kappa shape index (κ2) is 8.56. The number of imide groups is 1. The second-order valence-corrected chi connectivity index (χ2v) is 6.04. The van der Waals surface area contributed by atoms with Crippen LogP contribution in [0.15, 0.2) is 18.2 Å². The van der Waals surface area contributed by atoms with Crippen molar-refractivity contribution in [2.75, 3.05) is 25.5 Å². The fourth-order valence-corrected chi connectivity index (χ4v) is 2.40. The smallest absolute Gasteiger partial charge is 0.326 e. The summed E-state index contributed by atoms with van der Waals surface area (Å²) in [4.78, 5) is 49.3. The number of halogens is 2. The Bertz CT molecular complexity index is 771. The molecule has 4 amide bonds. The minimum Gasteiger partial charge on any atom is -0.453 e. The third kappa shape index (κ3) is 5.22. The zero-order valence-electron chi connectivity index (χ0n) is 14.8. The van der Waals surface area contributed by atoms with Crippen LogP contribution in [0.25, 0.3) is 0 Å². The molecule has 1 aliphatic heterocycles. The Labute approximate surface area is 154 Å². The van der Waals surface area contributed by atoms with Crippen molar-refractivity contribution >= 4 is 29.5 Å². The van der Waals surface area contributed by atoms with Crippen molar-refractivity contribution in [1.29, 1.82) is 0 Å². The van der Waals surface area contributed by atoms with Gasteiger partial charge in [-0.15, -0.1) is 0 Å². The lowest BCUT2D eigenvalue weighted by molar-refractivity contribution is -0.153. The number of anilines is 1. The maximum absolute atomic E-state index is 13.1. The summed E-state index contributed by atoms with van der Waals surface area (Å²) in [7, 11) is 1.50. The fourth-order valence-electron chi connectivity index (χ4n) is 2.40. The van der Waals surface area contributed by atoms with E-state index >= 15 is 0 Å². The number of hydrogen-bond acceptors (Lipinski definition) is 5. The SMILES string of the molecule is C[C@H](OC(=O)CCCN1C(=O)CN(C)C1=O)C(=O)Nc1ccc(F)c(F)c1. The van der Waals surface area contributed by atoms with E-state index in [-0.39, 0.29) is 37.5 Å². The molecule has 1 aliphatic rings. The average molecular weight is 383 g/mol. The van der Waals surface area contributed by atoms with E-state index in [0.29, 0.717) is 0 Å². The van der Waals surface area contributed by atoms with Gasteiger partial charge in [-0.25, -0.2) is 13.6 Å². The van der Waals surface area contributed by atoms with Crippen molar-refractivity contribution in [2.45, 2.75) is 25.9 Å². The van der Waals surface area contributed by atoms with Gasteiger partial charge in [0.2, 0.25) is 5.91 Å². The highest BCUT2D eigenvalue weighted by Gasteiger charge is 2.33. The van der Waals surface area contributed by atoms with Crippen LogP contribution in [-0.2, 0) is 19.1 Å². The van der Waals surface area contributed by atoms with Gasteiger partial charge in [0.05, 0.1) is 0 Å². The van der Waals surface area contributed by atoms with Crippen molar-refractivity contribution in [1.82, 2.24) is 9.80 Å². The molecule has 27 heavy (non-hydrogen) atoms. The zero-order chi connectivity index (χ0) is 20.1. The third-order valence-electron chi connectivity index (χ3n) is 3.86. The second-order valence-electron chi connectivity index (χ2n) is 6.04. The Balaban J connectivity index is 1.76. The van der Waals surface area contributed by atoms with Crippen molar-refractivity contribution in [2.24, 2.45) is 0 Å². The highest BCUT2D eigenvalue weighted by Crippen LogP contribution is 2.14. The predicted molar refractivity (Wildman–Crippen MR) is 89.5 cm³/mol. The number of likely N-dealkylation sites (N-methyl/N-ethyl adjacent to an activating group) is 1. The maximum Gasteiger partial charge on any atom is 0.326 e. The third-order valence-corrected chi connectivity index (χ3v) is 3.86. The molecule has 1 aromatic carbocycles. The highest BCUT2D eigenvalue weighted by molar-refractivity contribution is 6.01. The van der Waals surface area contributed by atoms with Gasteiger partial charge in [0.15, 0.2) is 17.7 Å². The Morgan fingerprint density at radius 1 is 1.26 bits per heavy atom. The van der Waals surface area contributed by atoms with Crippen molar-refractivity contribution in [3.63, 3.8) is 0 Å². The van der Waals surface area contributed by atoms with Gasteiger partial charge in [0.25, 0.3) is 5.91 Å². The molecule has 146 valence electrons. The molecule has 1 fully saturated rings. The minimum absolute atomic E-state index is 0.00443. The summed E-state index contributed by atoms with van der Waals surface area (Å²) in [6, 6.07) is 2.42. The first-order valence-corrected chi connectivity index (χ1v) is 8.20. The van der Waals surface area contributed by atoms with Crippen LogP contribution in [0.5, 0.6) is 0 Å². The Morgan fingerprint density at radius 3 is 2.56 bits per heavy atom. The van der Waals surface area contributed by atoms with Crippen LogP contribution >= 0.6 is 0 Å². The molecular weight excluding hydrogens is 364 g/mol. The van der Waals surface area contributed by atoms with E-state index in [0.717, 1.165) is 17.0 Å². The maximum atomic E-state index is 13.1. The lowest BCUT2D eigenvalue weighted by Crippen LogP contribution is -2.33. The van der Waals surface area contributed by atoms with Crippen LogP contribution in [0.3, 0.4) is 0 Å². The number of carbonyl (C=O) groups is 4. The van der Waals surface area contributed by atoms with Crippen molar-refractivity contribution in [3.05, 3.63) is 29.8 Å². The molecule has 0 spiro atoms. The monoisotopic (exact) mass is 383 g/mol. The summed E-state index contributed by atoms with van der Waals surface area (Å²) in [6.45, 7) is 1.41. The summed E-state index contributed by atoms with van der Waals surface area (Å²) in [5.41, 5.74) is 0.0250. The lowest BCUT2D eigenvalue weighted by Gasteiger charge is -2.15. The molecule has 2 rings (SSSR count). The molecule has 1 aromatic rings. The number of urea groups is 1. The standard InChI is InChI=1S/C17H19F2N3O5/c1-10(16(25)20-11-5-6-12(18)13(19)8-11)27-15(24)4-3-7-22-14(23)9-21(2)17(22)26/h5-6,8,10H,3-4,7,9H2,1-2H3,(H,20,25)/t10-/m0/s1. The fraction of sp³-hybridized carbons (Fsp3) is 0.412. The first kappa shape index (κ1) is 20.3. The quantitative estimate of drug-likeness (QED) is 0.569. The van der Waals surface area contributed by atoms with Gasteiger partial charge in [-0.1, -0.05) is 0 Å². The van der Waals surface area contributed by atoms with E-state index in [1.165, 1.54) is 24.9 Å². The normalized spacial score (nSPS) is 15.1. The number of carbonyl (C=O) groups excluding carboxylic acids is 4. The largest absolute Gasteiger partial charge is 0.453 e. The van der Waals surface area contributed by atoms with Gasteiger partial charge in [-0.05, 0) is 25.5 Å². The number of ether oxygens (including phenoxy) is 1. The first-order valence-electron chi connectivity index (χ1n) is 8.20. The minimum atomic E-state index is -1.16. The van der Waals surface area contributed by atoms with Crippen LogP contribution in [0.1, 0.15) is 19.8 Å². The van der Waals surface area contributed by atoms with Crippen LogP contribution in [0.4, 0.5) is 19.3 Å². The highest BCUT2D eigenvalue weighted by atomic mass is 19.2. The van der Waals surface area contributed by atoms with E-state index in [1.807, 2.05) is 0 Å². The van der Waals surface area contributed by atoms with Gasteiger partial charge in [0.1, 0.15) is 6.54 Å². The number of amides is 4. The summed E-state index contributed by atoms with van der Waals surface area (Å²) in [5, 5.41) is 2.31. The van der Waals surface area contributed by atoms with E-state index < -0.39 is 35.6 Å². The molecule has 1 atom stereocenters. The topological polar surface area (TPSA) is 96.0 Å². The lowest BCUT2D eigenvalue weighted by atomic mass is 10.2. The summed E-state index contributed by atoms with van der Waals surface area (Å²) in [5.74, 6) is -3.89. The van der Waals surface area contributed by atoms with Crippen molar-refractivity contribution < 1.29 is 32.7 Å². The molecule has 0 unspecified atom stereocenters. The van der Waals surface area contributed by atoms with Gasteiger partial charge < -0.3 is 15.0 Å². The summed E-state index contributed by atoms with van der Waals surface area (Å²) < 4.78 is 30.9.